The monoisotopic (exact) mass is 573 g/mol. The first-order chi connectivity index (χ1) is 14.7. The molecule has 0 spiro atoms. The molecule has 0 aliphatic heterocycles. The van der Waals surface area contributed by atoms with Gasteiger partial charge in [0.05, 0.1) is 11.4 Å². The van der Waals surface area contributed by atoms with Crippen LogP contribution >= 0.6 is 24.0 Å². The van der Waals surface area contributed by atoms with Gasteiger partial charge < -0.3 is 15.5 Å². The molecule has 0 bridgehead atoms. The standard InChI is InChI=1S/C22H31N5O3S.HI/c1-5-23-22(25-16-18-8-10-19(11-9-18)21(28)27(3)4)24-14-15-26-31(29,30)20-12-6-17(2)7-13-20;/h6-13,26H,5,14-16H2,1-4H3,(H2,23,24,25);1H. The first kappa shape index (κ1) is 27.9. The maximum atomic E-state index is 12.3. The fourth-order valence-corrected chi connectivity index (χ4v) is 3.72. The maximum Gasteiger partial charge on any atom is 0.253 e. The predicted molar refractivity (Wildman–Crippen MR) is 139 cm³/mol. The smallest absolute Gasteiger partial charge is 0.253 e. The first-order valence-corrected chi connectivity index (χ1v) is 11.6. The van der Waals surface area contributed by atoms with Crippen LogP contribution in [0.1, 0.15) is 28.4 Å². The van der Waals surface area contributed by atoms with Crippen molar-refractivity contribution in [2.45, 2.75) is 25.3 Å². The van der Waals surface area contributed by atoms with Gasteiger partial charge in [0.2, 0.25) is 10.0 Å². The van der Waals surface area contributed by atoms with Crippen molar-refractivity contribution in [1.82, 2.24) is 20.3 Å². The Hall–Kier alpha value is -2.18. The lowest BCUT2D eigenvalue weighted by molar-refractivity contribution is 0.0827. The van der Waals surface area contributed by atoms with Crippen LogP contribution in [0.2, 0.25) is 0 Å². The Bertz CT molecular complexity index is 991. The van der Waals surface area contributed by atoms with E-state index < -0.39 is 10.0 Å². The summed E-state index contributed by atoms with van der Waals surface area (Å²) in [4.78, 5) is 18.3. The number of hydrogen-bond donors (Lipinski definition) is 3. The topological polar surface area (TPSA) is 103 Å². The lowest BCUT2D eigenvalue weighted by Crippen LogP contribution is -2.41. The van der Waals surface area contributed by atoms with E-state index in [-0.39, 0.29) is 41.3 Å². The summed E-state index contributed by atoms with van der Waals surface area (Å²) in [5, 5.41) is 6.25. The van der Waals surface area contributed by atoms with E-state index in [4.69, 9.17) is 0 Å². The van der Waals surface area contributed by atoms with Crippen molar-refractivity contribution in [3.05, 3.63) is 65.2 Å². The number of sulfonamides is 1. The van der Waals surface area contributed by atoms with Gasteiger partial charge in [-0.05, 0) is 43.7 Å². The molecule has 2 aromatic rings. The molecule has 0 saturated heterocycles. The third-order valence-electron chi connectivity index (χ3n) is 4.41. The molecule has 0 atom stereocenters. The molecule has 0 unspecified atom stereocenters. The maximum absolute atomic E-state index is 12.3. The number of aryl methyl sites for hydroxylation is 1. The van der Waals surface area contributed by atoms with Crippen LogP contribution in [0.3, 0.4) is 0 Å². The van der Waals surface area contributed by atoms with E-state index in [0.717, 1.165) is 11.1 Å². The number of halogens is 1. The average molecular weight is 574 g/mol. The summed E-state index contributed by atoms with van der Waals surface area (Å²) < 4.78 is 27.2. The minimum Gasteiger partial charge on any atom is -0.357 e. The Kier molecular flexibility index (Phi) is 11.7. The number of guanidine groups is 1. The van der Waals surface area contributed by atoms with Gasteiger partial charge in [0.1, 0.15) is 0 Å². The second-order valence-electron chi connectivity index (χ2n) is 7.23. The number of aliphatic imine (C=N–C) groups is 1. The van der Waals surface area contributed by atoms with Gasteiger partial charge in [-0.1, -0.05) is 29.8 Å². The van der Waals surface area contributed by atoms with Gasteiger partial charge in [-0.15, -0.1) is 24.0 Å². The van der Waals surface area contributed by atoms with Crippen molar-refractivity contribution < 1.29 is 13.2 Å². The van der Waals surface area contributed by atoms with E-state index in [1.807, 2.05) is 26.0 Å². The highest BCUT2D eigenvalue weighted by atomic mass is 127. The molecule has 0 saturated carbocycles. The summed E-state index contributed by atoms with van der Waals surface area (Å²) in [6, 6.07) is 14.0. The van der Waals surface area contributed by atoms with Crippen molar-refractivity contribution in [3.63, 3.8) is 0 Å². The number of carbonyl (C=O) groups excluding carboxylic acids is 1. The summed E-state index contributed by atoms with van der Waals surface area (Å²) >= 11 is 0. The molecule has 0 aliphatic rings. The van der Waals surface area contributed by atoms with Crippen LogP contribution < -0.4 is 15.4 Å². The summed E-state index contributed by atoms with van der Waals surface area (Å²) in [6.07, 6.45) is 0. The lowest BCUT2D eigenvalue weighted by atomic mass is 10.1. The van der Waals surface area contributed by atoms with E-state index in [2.05, 4.69) is 20.3 Å². The fourth-order valence-electron chi connectivity index (χ4n) is 2.69. The van der Waals surface area contributed by atoms with E-state index in [0.29, 0.717) is 31.2 Å². The van der Waals surface area contributed by atoms with Crippen molar-refractivity contribution in [3.8, 4) is 0 Å². The molecule has 176 valence electrons. The summed E-state index contributed by atoms with van der Waals surface area (Å²) in [6.45, 7) is 5.58. The summed E-state index contributed by atoms with van der Waals surface area (Å²) in [5.41, 5.74) is 2.60. The molecular formula is C22H32IN5O3S. The minimum absolute atomic E-state index is 0. The molecular weight excluding hydrogens is 541 g/mol. The Morgan fingerprint density at radius 2 is 1.59 bits per heavy atom. The van der Waals surface area contributed by atoms with E-state index in [9.17, 15) is 13.2 Å². The number of amides is 1. The number of nitrogens with zero attached hydrogens (tertiary/aromatic N) is 2. The fraction of sp³-hybridized carbons (Fsp3) is 0.364. The molecule has 3 N–H and O–H groups in total. The molecule has 0 heterocycles. The summed E-state index contributed by atoms with van der Waals surface area (Å²) in [5.74, 6) is 0.545. The van der Waals surface area contributed by atoms with Crippen molar-refractivity contribution in [1.29, 1.82) is 0 Å². The van der Waals surface area contributed by atoms with E-state index >= 15 is 0 Å². The number of nitrogens with one attached hydrogen (secondary N) is 3. The van der Waals surface area contributed by atoms with Crippen LogP contribution in [0.5, 0.6) is 0 Å². The molecule has 0 fully saturated rings. The highest BCUT2D eigenvalue weighted by Crippen LogP contribution is 2.09. The Morgan fingerprint density at radius 1 is 0.969 bits per heavy atom. The van der Waals surface area contributed by atoms with Crippen molar-refractivity contribution in [2.75, 3.05) is 33.7 Å². The molecule has 2 aromatic carbocycles. The average Bonchev–Trinajstić information content (AvgIpc) is 2.75. The SMILES string of the molecule is CCNC(=NCc1ccc(C(=O)N(C)C)cc1)NCCNS(=O)(=O)c1ccc(C)cc1.I. The van der Waals surface area contributed by atoms with E-state index in [1.54, 1.807) is 50.5 Å². The van der Waals surface area contributed by atoms with Crippen molar-refractivity contribution in [2.24, 2.45) is 4.99 Å². The highest BCUT2D eigenvalue weighted by molar-refractivity contribution is 14.0. The number of hydrogen-bond acceptors (Lipinski definition) is 4. The highest BCUT2D eigenvalue weighted by Gasteiger charge is 2.12. The Labute approximate surface area is 208 Å². The second kappa shape index (κ2) is 13.4. The van der Waals surface area contributed by atoms with Crippen LogP contribution in [-0.2, 0) is 16.6 Å². The normalized spacial score (nSPS) is 11.4. The zero-order valence-corrected chi connectivity index (χ0v) is 22.0. The third-order valence-corrected chi connectivity index (χ3v) is 5.89. The van der Waals surface area contributed by atoms with Gasteiger partial charge >= 0.3 is 0 Å². The zero-order valence-electron chi connectivity index (χ0n) is 18.9. The number of carbonyl (C=O) groups is 1. The third kappa shape index (κ3) is 8.75. The van der Waals surface area contributed by atoms with Gasteiger partial charge in [-0.2, -0.15) is 0 Å². The van der Waals surface area contributed by atoms with Crippen LogP contribution in [0.4, 0.5) is 0 Å². The minimum atomic E-state index is -3.54. The van der Waals surface area contributed by atoms with Crippen LogP contribution in [0.25, 0.3) is 0 Å². The molecule has 0 aliphatic carbocycles. The Morgan fingerprint density at radius 3 is 2.16 bits per heavy atom. The number of benzene rings is 2. The van der Waals surface area contributed by atoms with Gasteiger partial charge in [-0.3, -0.25) is 4.79 Å². The lowest BCUT2D eigenvalue weighted by Gasteiger charge is -2.13. The molecule has 0 aromatic heterocycles. The molecule has 8 nitrogen and oxygen atoms in total. The zero-order chi connectivity index (χ0) is 22.9. The number of rotatable bonds is 9. The quantitative estimate of drug-likeness (QED) is 0.185. The molecule has 32 heavy (non-hydrogen) atoms. The summed E-state index contributed by atoms with van der Waals surface area (Å²) in [7, 11) is -0.105. The van der Waals surface area contributed by atoms with Gasteiger partial charge in [0.25, 0.3) is 5.91 Å². The molecule has 1 amide bonds. The van der Waals surface area contributed by atoms with Gasteiger partial charge in [-0.25, -0.2) is 18.1 Å². The first-order valence-electron chi connectivity index (χ1n) is 10.1. The van der Waals surface area contributed by atoms with Crippen LogP contribution in [0, 0.1) is 6.92 Å². The van der Waals surface area contributed by atoms with Gasteiger partial charge in [0, 0.05) is 39.3 Å². The van der Waals surface area contributed by atoms with Crippen LogP contribution in [0.15, 0.2) is 58.4 Å². The van der Waals surface area contributed by atoms with E-state index in [1.165, 1.54) is 4.90 Å². The molecule has 0 radical (unpaired) electrons. The predicted octanol–water partition coefficient (Wildman–Crippen LogP) is 2.35. The van der Waals surface area contributed by atoms with Gasteiger partial charge in [0.15, 0.2) is 5.96 Å². The Balaban J connectivity index is 0.00000512. The largest absolute Gasteiger partial charge is 0.357 e. The molecule has 2 rings (SSSR count). The second-order valence-corrected chi connectivity index (χ2v) is 9.00. The van der Waals surface area contributed by atoms with Crippen LogP contribution in [-0.4, -0.2) is 58.9 Å². The molecule has 10 heteroatoms. The van der Waals surface area contributed by atoms with Crippen molar-refractivity contribution >= 4 is 45.9 Å².